The lowest BCUT2D eigenvalue weighted by Gasteiger charge is -2.05. The number of nitrogens with one attached hydrogen (secondary N) is 1. The molecule has 0 saturated carbocycles. The van der Waals surface area contributed by atoms with Crippen LogP contribution in [0.5, 0.6) is 0 Å². The van der Waals surface area contributed by atoms with Crippen molar-refractivity contribution in [1.82, 2.24) is 0 Å². The third kappa shape index (κ3) is 2.49. The van der Waals surface area contributed by atoms with Crippen molar-refractivity contribution in [3.05, 3.63) is 64.1 Å². The Morgan fingerprint density at radius 2 is 1.88 bits per heavy atom. The van der Waals surface area contributed by atoms with Gasteiger partial charge in [0.2, 0.25) is 6.20 Å². The summed E-state index contributed by atoms with van der Waals surface area (Å²) >= 11 is 0. The molecular weight excluding hydrogens is 222 g/mol. The number of para-hydroxylation sites is 1. The minimum atomic E-state index is -0.536. The zero-order valence-electron chi connectivity index (χ0n) is 8.74. The van der Waals surface area contributed by atoms with Crippen LogP contribution in [0, 0.1) is 15.3 Å². The van der Waals surface area contributed by atoms with Crippen LogP contribution >= 0.6 is 0 Å². The van der Waals surface area contributed by atoms with E-state index in [1.54, 1.807) is 24.3 Å². The first-order valence-corrected chi connectivity index (χ1v) is 4.86. The van der Waals surface area contributed by atoms with Crippen LogP contribution in [0.1, 0.15) is 0 Å². The van der Waals surface area contributed by atoms with E-state index in [2.05, 4.69) is 5.32 Å². The van der Waals surface area contributed by atoms with Crippen LogP contribution in [0.2, 0.25) is 0 Å². The molecule has 6 nitrogen and oxygen atoms in total. The summed E-state index contributed by atoms with van der Waals surface area (Å²) in [5.74, 6) is 0. The quantitative estimate of drug-likeness (QED) is 0.379. The number of rotatable bonds is 3. The van der Waals surface area contributed by atoms with Gasteiger partial charge in [0.1, 0.15) is 0 Å². The molecule has 0 saturated heterocycles. The number of nitro groups is 1. The van der Waals surface area contributed by atoms with Crippen molar-refractivity contribution in [1.29, 1.82) is 0 Å². The van der Waals surface area contributed by atoms with Crippen molar-refractivity contribution < 1.29 is 9.65 Å². The van der Waals surface area contributed by atoms with E-state index >= 15 is 0 Å². The average Bonchev–Trinajstić information content (AvgIpc) is 2.30. The lowest BCUT2D eigenvalue weighted by atomic mass is 10.3. The normalized spacial score (nSPS) is 9.88. The first-order chi connectivity index (χ1) is 8.16. The highest BCUT2D eigenvalue weighted by Crippen LogP contribution is 2.25. The van der Waals surface area contributed by atoms with Crippen LogP contribution in [0.15, 0.2) is 48.8 Å². The number of hydrogen-bond acceptors (Lipinski definition) is 4. The molecule has 0 fully saturated rings. The molecule has 2 rings (SSSR count). The molecule has 0 aliphatic heterocycles. The second-order valence-corrected chi connectivity index (χ2v) is 3.35. The number of nitrogens with zero attached hydrogens (tertiary/aromatic N) is 2. The van der Waals surface area contributed by atoms with Gasteiger partial charge in [-0.15, -0.1) is 0 Å². The summed E-state index contributed by atoms with van der Waals surface area (Å²) in [5.41, 5.74) is 0.710. The molecule has 17 heavy (non-hydrogen) atoms. The van der Waals surface area contributed by atoms with Crippen molar-refractivity contribution in [2.24, 2.45) is 0 Å². The fourth-order valence-electron chi connectivity index (χ4n) is 1.40. The number of benzene rings is 1. The summed E-state index contributed by atoms with van der Waals surface area (Å²) in [4.78, 5) is 10.2. The lowest BCUT2D eigenvalue weighted by Crippen LogP contribution is -2.25. The highest BCUT2D eigenvalue weighted by Gasteiger charge is 2.16. The fourth-order valence-corrected chi connectivity index (χ4v) is 1.40. The maximum absolute atomic E-state index is 11.1. The van der Waals surface area contributed by atoms with E-state index in [4.69, 9.17) is 0 Å². The van der Waals surface area contributed by atoms with Crippen molar-refractivity contribution in [3.63, 3.8) is 0 Å². The molecule has 1 heterocycles. The number of aromatic nitrogens is 1. The van der Waals surface area contributed by atoms with Gasteiger partial charge in [-0.3, -0.25) is 10.1 Å². The second kappa shape index (κ2) is 4.48. The highest BCUT2D eigenvalue weighted by atomic mass is 16.6. The molecule has 0 unspecified atom stereocenters. The van der Waals surface area contributed by atoms with E-state index in [9.17, 15) is 15.3 Å². The van der Waals surface area contributed by atoms with Gasteiger partial charge < -0.3 is 10.5 Å². The molecule has 86 valence electrons. The summed E-state index contributed by atoms with van der Waals surface area (Å²) in [6.07, 6.45) is 2.22. The van der Waals surface area contributed by atoms with E-state index < -0.39 is 4.92 Å². The zero-order valence-corrected chi connectivity index (χ0v) is 8.74. The fraction of sp³-hybridized carbons (Fsp3) is 0. The third-order valence-corrected chi connectivity index (χ3v) is 2.16. The molecule has 0 amide bonds. The van der Waals surface area contributed by atoms with Crippen LogP contribution in [0.3, 0.4) is 0 Å². The van der Waals surface area contributed by atoms with Crippen LogP contribution in [0.25, 0.3) is 0 Å². The molecule has 2 aromatic rings. The zero-order chi connectivity index (χ0) is 12.3. The number of anilines is 2. The van der Waals surface area contributed by atoms with E-state index in [0.29, 0.717) is 10.4 Å². The molecule has 1 aromatic heterocycles. The van der Waals surface area contributed by atoms with E-state index in [1.807, 2.05) is 6.07 Å². The first-order valence-electron chi connectivity index (χ1n) is 4.86. The highest BCUT2D eigenvalue weighted by molar-refractivity contribution is 5.67. The Balaban J connectivity index is 2.37. The summed E-state index contributed by atoms with van der Waals surface area (Å²) in [7, 11) is 0. The Morgan fingerprint density at radius 3 is 2.53 bits per heavy atom. The topological polar surface area (TPSA) is 82.1 Å². The predicted octanol–water partition coefficient (Wildman–Crippen LogP) is 1.97. The first kappa shape index (κ1) is 10.9. The Morgan fingerprint density at radius 1 is 1.18 bits per heavy atom. The lowest BCUT2D eigenvalue weighted by molar-refractivity contribution is -0.605. The van der Waals surface area contributed by atoms with Crippen molar-refractivity contribution >= 4 is 17.1 Å². The molecule has 0 spiro atoms. The molecule has 0 radical (unpaired) electrons. The largest absolute Gasteiger partial charge is 0.619 e. The monoisotopic (exact) mass is 231 g/mol. The van der Waals surface area contributed by atoms with Gasteiger partial charge in [-0.1, -0.05) is 18.2 Å². The molecule has 0 bridgehead atoms. The van der Waals surface area contributed by atoms with Crippen LogP contribution in [0.4, 0.5) is 17.1 Å². The van der Waals surface area contributed by atoms with Crippen LogP contribution < -0.4 is 10.0 Å². The Kier molecular flexibility index (Phi) is 2.87. The molecular formula is C11H9N3O3. The Bertz CT molecular complexity index is 543. The molecule has 1 aromatic carbocycles. The average molecular weight is 231 g/mol. The second-order valence-electron chi connectivity index (χ2n) is 3.35. The van der Waals surface area contributed by atoms with Gasteiger partial charge in [-0.2, -0.15) is 4.73 Å². The summed E-state index contributed by atoms with van der Waals surface area (Å²) < 4.78 is 0.512. The van der Waals surface area contributed by atoms with Crippen molar-refractivity contribution in [2.45, 2.75) is 0 Å². The molecule has 0 aliphatic rings. The number of pyridine rings is 1. The van der Waals surface area contributed by atoms with E-state index in [-0.39, 0.29) is 11.4 Å². The van der Waals surface area contributed by atoms with Crippen molar-refractivity contribution in [3.8, 4) is 0 Å². The van der Waals surface area contributed by atoms with E-state index in [0.717, 1.165) is 18.5 Å². The summed E-state index contributed by atoms with van der Waals surface area (Å²) in [5, 5.41) is 24.7. The molecule has 0 atom stereocenters. The third-order valence-electron chi connectivity index (χ3n) is 2.16. The van der Waals surface area contributed by atoms with Crippen LogP contribution in [-0.2, 0) is 0 Å². The maximum Gasteiger partial charge on any atom is 0.304 e. The van der Waals surface area contributed by atoms with Crippen LogP contribution in [-0.4, -0.2) is 4.92 Å². The standard InChI is InChI=1S/C11H9N3O3/c15-13-7-6-11(14(16)17)10(8-13)12-9-4-2-1-3-5-9/h1-8,12H. The van der Waals surface area contributed by atoms with Crippen molar-refractivity contribution in [2.75, 3.05) is 5.32 Å². The van der Waals surface area contributed by atoms with Gasteiger partial charge in [0.25, 0.3) is 0 Å². The molecule has 1 N–H and O–H groups in total. The maximum atomic E-state index is 11.1. The van der Waals surface area contributed by atoms with Gasteiger partial charge >= 0.3 is 5.69 Å². The molecule has 0 aliphatic carbocycles. The van der Waals surface area contributed by atoms with Gasteiger partial charge in [0, 0.05) is 5.69 Å². The predicted molar refractivity (Wildman–Crippen MR) is 61.8 cm³/mol. The van der Waals surface area contributed by atoms with Gasteiger partial charge in [0.15, 0.2) is 11.9 Å². The summed E-state index contributed by atoms with van der Waals surface area (Å²) in [6, 6.07) is 10.1. The minimum absolute atomic E-state index is 0.138. The van der Waals surface area contributed by atoms with Gasteiger partial charge in [-0.25, -0.2) is 0 Å². The number of hydrogen-bond donors (Lipinski definition) is 1. The smallest absolute Gasteiger partial charge is 0.304 e. The van der Waals surface area contributed by atoms with Gasteiger partial charge in [-0.05, 0) is 12.1 Å². The summed E-state index contributed by atoms with van der Waals surface area (Å²) in [6.45, 7) is 0. The minimum Gasteiger partial charge on any atom is -0.619 e. The SMILES string of the molecule is O=[N+]([O-])c1cc[n+]([O-])cc1Nc1ccccc1. The Labute approximate surface area is 96.9 Å². The molecule has 6 heteroatoms. The Hall–Kier alpha value is -2.63. The van der Waals surface area contributed by atoms with Gasteiger partial charge in [0.05, 0.1) is 11.0 Å². The van der Waals surface area contributed by atoms with E-state index in [1.165, 1.54) is 0 Å².